The Hall–Kier alpha value is -1.72. The van der Waals surface area contributed by atoms with Gasteiger partial charge in [0.25, 0.3) is 0 Å². The van der Waals surface area contributed by atoms with Crippen LogP contribution in [0.5, 0.6) is 0 Å². The van der Waals surface area contributed by atoms with Crippen LogP contribution in [0.1, 0.15) is 41.3 Å². The smallest absolute Gasteiger partial charge is 0.307 e. The molecule has 0 aromatic heterocycles. The van der Waals surface area contributed by atoms with E-state index in [1.165, 1.54) is 11.1 Å². The summed E-state index contributed by atoms with van der Waals surface area (Å²) < 4.78 is 9.98. The molecule has 1 atom stereocenters. The van der Waals surface area contributed by atoms with E-state index in [0.29, 0.717) is 25.3 Å². The molecule has 23 heavy (non-hydrogen) atoms. The Morgan fingerprint density at radius 2 is 2.04 bits per heavy atom. The van der Waals surface area contributed by atoms with Crippen molar-refractivity contribution in [3.63, 3.8) is 0 Å². The second-order valence-electron chi connectivity index (χ2n) is 5.71. The zero-order valence-electron chi connectivity index (χ0n) is 13.9. The van der Waals surface area contributed by atoms with Gasteiger partial charge in [0.15, 0.2) is 5.78 Å². The predicted molar refractivity (Wildman–Crippen MR) is 87.7 cm³/mol. The van der Waals surface area contributed by atoms with E-state index in [9.17, 15) is 9.59 Å². The largest absolute Gasteiger partial charge is 0.466 e. The van der Waals surface area contributed by atoms with Crippen molar-refractivity contribution < 1.29 is 19.1 Å². The summed E-state index contributed by atoms with van der Waals surface area (Å²) in [4.78, 5) is 24.5. The van der Waals surface area contributed by atoms with Crippen molar-refractivity contribution in [2.24, 2.45) is 0 Å². The van der Waals surface area contributed by atoms with Gasteiger partial charge in [-0.05, 0) is 43.4 Å². The molecule has 0 aliphatic heterocycles. The van der Waals surface area contributed by atoms with E-state index in [2.05, 4.69) is 5.32 Å². The van der Waals surface area contributed by atoms with Gasteiger partial charge in [0.05, 0.1) is 25.7 Å². The highest BCUT2D eigenvalue weighted by molar-refractivity contribution is 6.02. The fourth-order valence-electron chi connectivity index (χ4n) is 2.91. The summed E-state index contributed by atoms with van der Waals surface area (Å²) in [5, 5.41) is 3.10. The number of ether oxygens (including phenoxy) is 2. The monoisotopic (exact) mass is 319 g/mol. The van der Waals surface area contributed by atoms with Crippen LogP contribution in [0, 0.1) is 0 Å². The topological polar surface area (TPSA) is 64.6 Å². The van der Waals surface area contributed by atoms with E-state index in [1.807, 2.05) is 18.2 Å². The molecular weight excluding hydrogens is 294 g/mol. The second kappa shape index (κ2) is 8.79. The first-order valence-corrected chi connectivity index (χ1v) is 8.19. The maximum Gasteiger partial charge on any atom is 0.307 e. The van der Waals surface area contributed by atoms with Crippen molar-refractivity contribution in [3.8, 4) is 0 Å². The zero-order chi connectivity index (χ0) is 16.7. The van der Waals surface area contributed by atoms with Gasteiger partial charge in [-0.15, -0.1) is 0 Å². The first kappa shape index (κ1) is 17.6. The van der Waals surface area contributed by atoms with Crippen LogP contribution in [0.15, 0.2) is 18.2 Å². The minimum Gasteiger partial charge on any atom is -0.466 e. The van der Waals surface area contributed by atoms with Crippen molar-refractivity contribution >= 4 is 11.8 Å². The minimum absolute atomic E-state index is 0.0352. The number of ketones is 1. The number of hydrogen-bond acceptors (Lipinski definition) is 5. The SMILES string of the molecule is CCOC(=O)CC(NCCOC)C(=O)c1ccc2c(c1)CCC2. The highest BCUT2D eigenvalue weighted by atomic mass is 16.5. The summed E-state index contributed by atoms with van der Waals surface area (Å²) in [5.74, 6) is -0.430. The Morgan fingerprint density at radius 1 is 1.26 bits per heavy atom. The van der Waals surface area contributed by atoms with E-state index in [-0.39, 0.29) is 18.2 Å². The second-order valence-corrected chi connectivity index (χ2v) is 5.71. The molecule has 0 radical (unpaired) electrons. The van der Waals surface area contributed by atoms with Gasteiger partial charge in [-0.2, -0.15) is 0 Å². The van der Waals surface area contributed by atoms with Crippen LogP contribution >= 0.6 is 0 Å². The molecule has 1 aliphatic carbocycles. The van der Waals surface area contributed by atoms with Crippen LogP contribution in [0.2, 0.25) is 0 Å². The number of carbonyl (C=O) groups excluding carboxylic acids is 2. The number of benzene rings is 1. The van der Waals surface area contributed by atoms with Crippen LogP contribution in [0.3, 0.4) is 0 Å². The van der Waals surface area contributed by atoms with Gasteiger partial charge in [-0.25, -0.2) is 0 Å². The fourth-order valence-corrected chi connectivity index (χ4v) is 2.91. The maximum atomic E-state index is 12.8. The Bertz CT molecular complexity index is 556. The normalized spacial score (nSPS) is 14.3. The molecule has 2 rings (SSSR count). The molecule has 1 N–H and O–H groups in total. The third-order valence-corrected chi connectivity index (χ3v) is 4.07. The molecule has 5 heteroatoms. The molecule has 0 amide bonds. The highest BCUT2D eigenvalue weighted by Crippen LogP contribution is 2.23. The Balaban J connectivity index is 2.09. The van der Waals surface area contributed by atoms with Crippen LogP contribution < -0.4 is 5.32 Å². The molecule has 0 fully saturated rings. The number of nitrogens with one attached hydrogen (secondary N) is 1. The number of Topliss-reactive ketones (excluding diaryl/α,β-unsaturated/α-hetero) is 1. The molecule has 1 aliphatic rings. The molecule has 1 aromatic carbocycles. The average molecular weight is 319 g/mol. The molecule has 0 spiro atoms. The number of methoxy groups -OCH3 is 1. The number of aryl methyl sites for hydroxylation is 2. The molecule has 1 unspecified atom stereocenters. The van der Waals surface area contributed by atoms with E-state index < -0.39 is 6.04 Å². The third kappa shape index (κ3) is 4.88. The molecule has 0 bridgehead atoms. The average Bonchev–Trinajstić information content (AvgIpc) is 3.01. The molecule has 1 aromatic rings. The Kier molecular flexibility index (Phi) is 6.74. The zero-order valence-corrected chi connectivity index (χ0v) is 13.9. The maximum absolute atomic E-state index is 12.8. The quantitative estimate of drug-likeness (QED) is 0.428. The fraction of sp³-hybridized carbons (Fsp3) is 0.556. The number of carbonyl (C=O) groups is 2. The molecule has 5 nitrogen and oxygen atoms in total. The standard InChI is InChI=1S/C18H25NO4/c1-3-23-17(20)12-16(19-9-10-22-2)18(21)15-8-7-13-5-4-6-14(13)11-15/h7-8,11,16,19H,3-6,9-10,12H2,1-2H3. The lowest BCUT2D eigenvalue weighted by Crippen LogP contribution is -2.40. The molecule has 126 valence electrons. The number of hydrogen-bond donors (Lipinski definition) is 1. The van der Waals surface area contributed by atoms with E-state index in [1.54, 1.807) is 14.0 Å². The first-order chi connectivity index (χ1) is 11.2. The Labute approximate surface area is 137 Å². The first-order valence-electron chi connectivity index (χ1n) is 8.19. The summed E-state index contributed by atoms with van der Waals surface area (Å²) in [6, 6.07) is 5.29. The van der Waals surface area contributed by atoms with Gasteiger partial charge >= 0.3 is 5.97 Å². The summed E-state index contributed by atoms with van der Waals surface area (Å²) >= 11 is 0. The van der Waals surface area contributed by atoms with Crippen molar-refractivity contribution in [2.75, 3.05) is 26.9 Å². The Morgan fingerprint density at radius 3 is 2.78 bits per heavy atom. The van der Waals surface area contributed by atoms with Gasteiger partial charge < -0.3 is 14.8 Å². The van der Waals surface area contributed by atoms with Crippen molar-refractivity contribution in [2.45, 2.75) is 38.6 Å². The number of fused-ring (bicyclic) bond motifs is 1. The lowest BCUT2D eigenvalue weighted by atomic mass is 9.98. The van der Waals surface area contributed by atoms with Gasteiger partial charge in [0.2, 0.25) is 0 Å². The molecule has 0 heterocycles. The van der Waals surface area contributed by atoms with Crippen LogP contribution in [-0.4, -0.2) is 44.7 Å². The summed E-state index contributed by atoms with van der Waals surface area (Å²) in [5.41, 5.74) is 3.24. The van der Waals surface area contributed by atoms with Gasteiger partial charge in [-0.1, -0.05) is 12.1 Å². The number of rotatable bonds is 9. The van der Waals surface area contributed by atoms with Crippen molar-refractivity contribution in [3.05, 3.63) is 34.9 Å². The van der Waals surface area contributed by atoms with Crippen molar-refractivity contribution in [1.82, 2.24) is 5.32 Å². The highest BCUT2D eigenvalue weighted by Gasteiger charge is 2.24. The number of esters is 1. The summed E-state index contributed by atoms with van der Waals surface area (Å²) in [6.07, 6.45) is 3.29. The molecule has 0 saturated carbocycles. The van der Waals surface area contributed by atoms with E-state index in [0.717, 1.165) is 19.3 Å². The van der Waals surface area contributed by atoms with Gasteiger partial charge in [-0.3, -0.25) is 9.59 Å². The summed E-state index contributed by atoms with van der Waals surface area (Å²) in [6.45, 7) is 3.07. The lowest BCUT2D eigenvalue weighted by Gasteiger charge is -2.17. The van der Waals surface area contributed by atoms with E-state index in [4.69, 9.17) is 9.47 Å². The van der Waals surface area contributed by atoms with Crippen LogP contribution in [0.4, 0.5) is 0 Å². The third-order valence-electron chi connectivity index (χ3n) is 4.07. The van der Waals surface area contributed by atoms with Crippen molar-refractivity contribution in [1.29, 1.82) is 0 Å². The lowest BCUT2D eigenvalue weighted by molar-refractivity contribution is -0.143. The summed E-state index contributed by atoms with van der Waals surface area (Å²) in [7, 11) is 1.60. The van der Waals surface area contributed by atoms with Gasteiger partial charge in [0.1, 0.15) is 0 Å². The van der Waals surface area contributed by atoms with Crippen LogP contribution in [0.25, 0.3) is 0 Å². The molecule has 0 saturated heterocycles. The minimum atomic E-state index is -0.580. The van der Waals surface area contributed by atoms with Crippen LogP contribution in [-0.2, 0) is 27.1 Å². The predicted octanol–water partition coefficient (Wildman–Crippen LogP) is 1.92. The molecular formula is C18H25NO4. The van der Waals surface area contributed by atoms with E-state index >= 15 is 0 Å². The van der Waals surface area contributed by atoms with Gasteiger partial charge in [0, 0.05) is 19.2 Å².